The zero-order valence-electron chi connectivity index (χ0n) is 10.8. The monoisotopic (exact) mass is 249 g/mol. The van der Waals surface area contributed by atoms with Crippen molar-refractivity contribution in [1.29, 1.82) is 0 Å². The maximum atomic E-state index is 11.7. The molecule has 1 aromatic heterocycles. The van der Waals surface area contributed by atoms with E-state index in [2.05, 4.69) is 34.7 Å². The molecule has 2 heterocycles. The standard InChI is InChI=1S/C12H19N5O/c1-9(2)17-8-15-16-11(17)5-7-14-12(18)10-4-3-6-13-10/h3-4,8-10,13H,5-7H2,1-2H3,(H,14,18). The van der Waals surface area contributed by atoms with Gasteiger partial charge in [-0.2, -0.15) is 0 Å². The topological polar surface area (TPSA) is 71.8 Å². The van der Waals surface area contributed by atoms with Crippen LogP contribution in [0, 0.1) is 0 Å². The molecule has 1 amide bonds. The summed E-state index contributed by atoms with van der Waals surface area (Å²) in [5, 5.41) is 13.9. The molecule has 0 spiro atoms. The van der Waals surface area contributed by atoms with E-state index in [9.17, 15) is 4.79 Å². The van der Waals surface area contributed by atoms with Crippen molar-refractivity contribution in [3.8, 4) is 0 Å². The van der Waals surface area contributed by atoms with Gasteiger partial charge in [0.2, 0.25) is 5.91 Å². The van der Waals surface area contributed by atoms with E-state index in [1.54, 1.807) is 6.33 Å². The molecule has 0 bridgehead atoms. The minimum atomic E-state index is -0.187. The average Bonchev–Trinajstić information content (AvgIpc) is 2.99. The molecule has 6 nitrogen and oxygen atoms in total. The zero-order valence-corrected chi connectivity index (χ0v) is 10.8. The summed E-state index contributed by atoms with van der Waals surface area (Å²) in [6, 6.07) is 0.151. The summed E-state index contributed by atoms with van der Waals surface area (Å²) in [5.41, 5.74) is 0. The Morgan fingerprint density at radius 2 is 2.50 bits per heavy atom. The van der Waals surface area contributed by atoms with Crippen LogP contribution < -0.4 is 10.6 Å². The molecular formula is C12H19N5O. The number of hydrogen-bond donors (Lipinski definition) is 2. The van der Waals surface area contributed by atoms with Crippen molar-refractivity contribution in [3.63, 3.8) is 0 Å². The van der Waals surface area contributed by atoms with Crippen LogP contribution in [0.25, 0.3) is 0 Å². The van der Waals surface area contributed by atoms with Crippen LogP contribution in [0.5, 0.6) is 0 Å². The lowest BCUT2D eigenvalue weighted by atomic mass is 10.3. The Balaban J connectivity index is 1.79. The third-order valence-electron chi connectivity index (χ3n) is 2.92. The first-order valence-corrected chi connectivity index (χ1v) is 6.24. The van der Waals surface area contributed by atoms with Crippen LogP contribution in [0.4, 0.5) is 0 Å². The quantitative estimate of drug-likeness (QED) is 0.723. The zero-order chi connectivity index (χ0) is 13.0. The van der Waals surface area contributed by atoms with Crippen molar-refractivity contribution in [2.24, 2.45) is 0 Å². The summed E-state index contributed by atoms with van der Waals surface area (Å²) >= 11 is 0. The second kappa shape index (κ2) is 5.77. The van der Waals surface area contributed by atoms with Crippen molar-refractivity contribution in [3.05, 3.63) is 24.3 Å². The molecule has 6 heteroatoms. The fourth-order valence-corrected chi connectivity index (χ4v) is 1.93. The molecular weight excluding hydrogens is 230 g/mol. The first-order valence-electron chi connectivity index (χ1n) is 6.24. The molecule has 1 atom stereocenters. The van der Waals surface area contributed by atoms with Crippen LogP contribution in [0.2, 0.25) is 0 Å². The van der Waals surface area contributed by atoms with E-state index < -0.39 is 0 Å². The van der Waals surface area contributed by atoms with Crippen LogP contribution in [0.15, 0.2) is 18.5 Å². The van der Waals surface area contributed by atoms with Gasteiger partial charge < -0.3 is 9.88 Å². The number of amides is 1. The number of carbonyl (C=O) groups excluding carboxylic acids is 1. The molecule has 1 unspecified atom stereocenters. The van der Waals surface area contributed by atoms with E-state index in [1.807, 2.05) is 16.7 Å². The second-order valence-corrected chi connectivity index (χ2v) is 4.60. The predicted octanol–water partition coefficient (Wildman–Crippen LogP) is 0.0457. The average molecular weight is 249 g/mol. The highest BCUT2D eigenvalue weighted by atomic mass is 16.2. The third-order valence-corrected chi connectivity index (χ3v) is 2.92. The first kappa shape index (κ1) is 12.8. The van der Waals surface area contributed by atoms with Crippen molar-refractivity contribution in [1.82, 2.24) is 25.4 Å². The van der Waals surface area contributed by atoms with Crippen LogP contribution in [0.1, 0.15) is 25.7 Å². The summed E-state index contributed by atoms with van der Waals surface area (Å²) in [7, 11) is 0. The van der Waals surface area contributed by atoms with Crippen molar-refractivity contribution >= 4 is 5.91 Å². The number of carbonyl (C=O) groups is 1. The van der Waals surface area contributed by atoms with Crippen molar-refractivity contribution < 1.29 is 4.79 Å². The second-order valence-electron chi connectivity index (χ2n) is 4.60. The number of nitrogens with zero attached hydrogens (tertiary/aromatic N) is 3. The molecule has 0 saturated carbocycles. The fraction of sp³-hybridized carbons (Fsp3) is 0.583. The van der Waals surface area contributed by atoms with Crippen LogP contribution in [0.3, 0.4) is 0 Å². The highest BCUT2D eigenvalue weighted by molar-refractivity contribution is 5.84. The maximum absolute atomic E-state index is 11.7. The van der Waals surface area contributed by atoms with E-state index >= 15 is 0 Å². The molecule has 0 radical (unpaired) electrons. The van der Waals surface area contributed by atoms with E-state index in [0.717, 1.165) is 12.4 Å². The van der Waals surface area contributed by atoms with Crippen LogP contribution in [-0.4, -0.2) is 39.8 Å². The van der Waals surface area contributed by atoms with Gasteiger partial charge >= 0.3 is 0 Å². The lowest BCUT2D eigenvalue weighted by Crippen LogP contribution is -2.41. The molecule has 98 valence electrons. The van der Waals surface area contributed by atoms with Gasteiger partial charge in [0, 0.05) is 25.6 Å². The summed E-state index contributed by atoms with van der Waals surface area (Å²) in [5.74, 6) is 0.916. The summed E-state index contributed by atoms with van der Waals surface area (Å²) in [4.78, 5) is 11.7. The van der Waals surface area contributed by atoms with Gasteiger partial charge in [-0.1, -0.05) is 12.2 Å². The van der Waals surface area contributed by atoms with E-state index in [4.69, 9.17) is 0 Å². The third kappa shape index (κ3) is 2.95. The SMILES string of the molecule is CC(C)n1cnnc1CCNC(=O)C1C=CCN1. The summed E-state index contributed by atoms with van der Waals surface area (Å²) in [6.45, 7) is 5.51. The number of aromatic nitrogens is 3. The molecule has 1 aliphatic rings. The Bertz CT molecular complexity index is 437. The van der Waals surface area contributed by atoms with Gasteiger partial charge in [0.15, 0.2) is 0 Å². The Hall–Kier alpha value is -1.69. The molecule has 2 rings (SSSR count). The first-order chi connectivity index (χ1) is 8.68. The minimum absolute atomic E-state index is 0.0133. The highest BCUT2D eigenvalue weighted by Gasteiger charge is 2.17. The van der Waals surface area contributed by atoms with Gasteiger partial charge in [0.25, 0.3) is 0 Å². The largest absolute Gasteiger partial charge is 0.354 e. The predicted molar refractivity (Wildman–Crippen MR) is 68.1 cm³/mol. The Morgan fingerprint density at radius 1 is 1.67 bits per heavy atom. The smallest absolute Gasteiger partial charge is 0.241 e. The van der Waals surface area contributed by atoms with Crippen molar-refractivity contribution in [2.75, 3.05) is 13.1 Å². The van der Waals surface area contributed by atoms with Crippen LogP contribution in [-0.2, 0) is 11.2 Å². The molecule has 2 N–H and O–H groups in total. The lowest BCUT2D eigenvalue weighted by molar-refractivity contribution is -0.121. The number of rotatable bonds is 5. The van der Waals surface area contributed by atoms with Gasteiger partial charge in [-0.15, -0.1) is 10.2 Å². The molecule has 18 heavy (non-hydrogen) atoms. The molecule has 0 aromatic carbocycles. The van der Waals surface area contributed by atoms with Gasteiger partial charge in [-0.05, 0) is 13.8 Å². The van der Waals surface area contributed by atoms with E-state index in [0.29, 0.717) is 19.0 Å². The van der Waals surface area contributed by atoms with Crippen molar-refractivity contribution in [2.45, 2.75) is 32.4 Å². The summed E-state index contributed by atoms with van der Waals surface area (Å²) in [6.07, 6.45) is 6.26. The van der Waals surface area contributed by atoms with Gasteiger partial charge in [0.05, 0.1) is 0 Å². The molecule has 1 aliphatic heterocycles. The number of hydrogen-bond acceptors (Lipinski definition) is 4. The summed E-state index contributed by atoms with van der Waals surface area (Å²) < 4.78 is 2.01. The maximum Gasteiger partial charge on any atom is 0.241 e. The Kier molecular flexibility index (Phi) is 4.09. The lowest BCUT2D eigenvalue weighted by Gasteiger charge is -2.12. The van der Waals surface area contributed by atoms with E-state index in [-0.39, 0.29) is 11.9 Å². The Labute approximate surface area is 106 Å². The number of nitrogens with one attached hydrogen (secondary N) is 2. The highest BCUT2D eigenvalue weighted by Crippen LogP contribution is 2.06. The fourth-order valence-electron chi connectivity index (χ4n) is 1.93. The van der Waals surface area contributed by atoms with E-state index in [1.165, 1.54) is 0 Å². The van der Waals surface area contributed by atoms with Gasteiger partial charge in [-0.25, -0.2) is 0 Å². The van der Waals surface area contributed by atoms with Crippen LogP contribution >= 0.6 is 0 Å². The van der Waals surface area contributed by atoms with Gasteiger partial charge in [0.1, 0.15) is 18.2 Å². The normalized spacial score (nSPS) is 18.5. The molecule has 0 fully saturated rings. The molecule has 1 aromatic rings. The molecule has 0 saturated heterocycles. The molecule has 0 aliphatic carbocycles. The van der Waals surface area contributed by atoms with Gasteiger partial charge in [-0.3, -0.25) is 10.1 Å². The minimum Gasteiger partial charge on any atom is -0.354 e. The Morgan fingerprint density at radius 3 is 3.17 bits per heavy atom.